The minimum absolute atomic E-state index is 0.0100. The summed E-state index contributed by atoms with van der Waals surface area (Å²) in [5.41, 5.74) is 0.437. The third kappa shape index (κ3) is 5.29. The molecule has 21 heavy (non-hydrogen) atoms. The highest BCUT2D eigenvalue weighted by Crippen LogP contribution is 2.28. The van der Waals surface area contributed by atoms with Gasteiger partial charge in [-0.15, -0.1) is 0 Å². The first-order valence-electron chi connectivity index (χ1n) is 6.66. The van der Waals surface area contributed by atoms with E-state index in [1.165, 1.54) is 12.1 Å². The summed E-state index contributed by atoms with van der Waals surface area (Å²) < 4.78 is 10.4. The first-order chi connectivity index (χ1) is 9.83. The lowest BCUT2D eigenvalue weighted by atomic mass is 10.2. The minimum Gasteiger partial charge on any atom is -0.491 e. The zero-order chi connectivity index (χ0) is 16.0. The SMILES string of the molecule is CCOC(=O)CN(C)c1cc(OC(C)C)cc([N+](=O)[O-])c1. The summed E-state index contributed by atoms with van der Waals surface area (Å²) in [7, 11) is 1.66. The molecule has 0 aromatic heterocycles. The number of non-ortho nitro benzene ring substituents is 1. The minimum atomic E-state index is -0.491. The van der Waals surface area contributed by atoms with Gasteiger partial charge in [-0.25, -0.2) is 0 Å². The molecule has 0 bridgehead atoms. The highest BCUT2D eigenvalue weighted by Gasteiger charge is 2.15. The van der Waals surface area contributed by atoms with Crippen molar-refractivity contribution in [3.8, 4) is 5.75 Å². The van der Waals surface area contributed by atoms with Crippen LogP contribution in [-0.4, -0.2) is 37.2 Å². The number of carbonyl (C=O) groups is 1. The maximum Gasteiger partial charge on any atom is 0.325 e. The van der Waals surface area contributed by atoms with Crippen LogP contribution in [0.2, 0.25) is 0 Å². The van der Waals surface area contributed by atoms with Crippen LogP contribution in [0.3, 0.4) is 0 Å². The highest BCUT2D eigenvalue weighted by molar-refractivity contribution is 5.76. The Labute approximate surface area is 123 Å². The van der Waals surface area contributed by atoms with Gasteiger partial charge in [0.2, 0.25) is 0 Å². The zero-order valence-corrected chi connectivity index (χ0v) is 12.7. The molecule has 1 aromatic rings. The molecular formula is C14H20N2O5. The second kappa shape index (κ2) is 7.47. The maximum absolute atomic E-state index is 11.5. The number of hydrogen-bond donors (Lipinski definition) is 0. The Morgan fingerprint density at radius 3 is 2.57 bits per heavy atom. The van der Waals surface area contributed by atoms with Crippen LogP contribution in [0, 0.1) is 10.1 Å². The van der Waals surface area contributed by atoms with Gasteiger partial charge in [-0.05, 0) is 20.8 Å². The lowest BCUT2D eigenvalue weighted by Gasteiger charge is -2.19. The summed E-state index contributed by atoms with van der Waals surface area (Å²) in [6.07, 6.45) is -0.102. The number of esters is 1. The van der Waals surface area contributed by atoms with E-state index in [1.807, 2.05) is 13.8 Å². The van der Waals surface area contributed by atoms with Gasteiger partial charge in [0.1, 0.15) is 12.3 Å². The van der Waals surface area contributed by atoms with Crippen LogP contribution < -0.4 is 9.64 Å². The Balaban J connectivity index is 3.01. The lowest BCUT2D eigenvalue weighted by molar-refractivity contribution is -0.384. The third-order valence-electron chi connectivity index (χ3n) is 2.57. The van der Waals surface area contributed by atoms with Gasteiger partial charge in [0, 0.05) is 24.9 Å². The van der Waals surface area contributed by atoms with Crippen molar-refractivity contribution < 1.29 is 19.2 Å². The summed E-state index contributed by atoms with van der Waals surface area (Å²) in [6, 6.07) is 4.42. The third-order valence-corrected chi connectivity index (χ3v) is 2.57. The predicted molar refractivity (Wildman–Crippen MR) is 78.8 cm³/mol. The molecule has 0 radical (unpaired) electrons. The summed E-state index contributed by atoms with van der Waals surface area (Å²) >= 11 is 0. The largest absolute Gasteiger partial charge is 0.491 e. The van der Waals surface area contributed by atoms with Gasteiger partial charge in [0.05, 0.1) is 23.7 Å². The van der Waals surface area contributed by atoms with Crippen molar-refractivity contribution in [3.63, 3.8) is 0 Å². The van der Waals surface area contributed by atoms with Gasteiger partial charge in [-0.3, -0.25) is 14.9 Å². The average molecular weight is 296 g/mol. The molecule has 0 fully saturated rings. The van der Waals surface area contributed by atoms with Crippen LogP contribution in [0.1, 0.15) is 20.8 Å². The molecule has 0 saturated heterocycles. The standard InChI is InChI=1S/C14H20N2O5/c1-5-20-14(17)9-15(4)11-6-12(16(18)19)8-13(7-11)21-10(2)3/h6-8,10H,5,9H2,1-4H3. The van der Waals surface area contributed by atoms with Crippen LogP contribution in [0.25, 0.3) is 0 Å². The highest BCUT2D eigenvalue weighted by atomic mass is 16.6. The molecule has 0 atom stereocenters. The van der Waals surface area contributed by atoms with Crippen molar-refractivity contribution in [1.82, 2.24) is 0 Å². The molecule has 116 valence electrons. The monoisotopic (exact) mass is 296 g/mol. The van der Waals surface area contributed by atoms with E-state index in [9.17, 15) is 14.9 Å². The Morgan fingerprint density at radius 1 is 1.38 bits per heavy atom. The topological polar surface area (TPSA) is 81.9 Å². The van der Waals surface area contributed by atoms with E-state index in [4.69, 9.17) is 9.47 Å². The molecule has 0 aliphatic rings. The Bertz CT molecular complexity index is 516. The molecule has 0 aliphatic carbocycles. The lowest BCUT2D eigenvalue weighted by Crippen LogP contribution is -2.27. The number of carbonyl (C=O) groups excluding carboxylic acids is 1. The normalized spacial score (nSPS) is 10.3. The molecule has 1 aromatic carbocycles. The Kier molecular flexibility index (Phi) is 5.95. The van der Waals surface area contributed by atoms with Crippen molar-refractivity contribution in [3.05, 3.63) is 28.3 Å². The number of ether oxygens (including phenoxy) is 2. The van der Waals surface area contributed by atoms with Gasteiger partial charge in [-0.2, -0.15) is 0 Å². The van der Waals surface area contributed by atoms with Gasteiger partial charge in [0.25, 0.3) is 5.69 Å². The van der Waals surface area contributed by atoms with Gasteiger partial charge >= 0.3 is 5.97 Å². The van der Waals surface area contributed by atoms with Gasteiger partial charge in [0.15, 0.2) is 0 Å². The first kappa shape index (κ1) is 16.7. The molecule has 0 N–H and O–H groups in total. The van der Waals surface area contributed by atoms with E-state index < -0.39 is 10.9 Å². The number of rotatable bonds is 7. The number of benzene rings is 1. The summed E-state index contributed by atoms with van der Waals surface area (Å²) in [6.45, 7) is 5.70. The van der Waals surface area contributed by atoms with Crippen molar-refractivity contribution >= 4 is 17.3 Å². The second-order valence-electron chi connectivity index (χ2n) is 4.77. The zero-order valence-electron chi connectivity index (χ0n) is 12.7. The van der Waals surface area contributed by atoms with Crippen LogP contribution in [-0.2, 0) is 9.53 Å². The number of nitrogens with zero attached hydrogens (tertiary/aromatic N) is 2. The summed E-state index contributed by atoms with van der Waals surface area (Å²) in [5, 5.41) is 11.0. The van der Waals surface area contributed by atoms with E-state index in [0.717, 1.165) is 0 Å². The van der Waals surface area contributed by atoms with E-state index in [1.54, 1.807) is 24.9 Å². The number of likely N-dealkylation sites (N-methyl/N-ethyl adjacent to an activating group) is 1. The molecular weight excluding hydrogens is 276 g/mol. The quantitative estimate of drug-likeness (QED) is 0.436. The van der Waals surface area contributed by atoms with Crippen LogP contribution in [0.4, 0.5) is 11.4 Å². The first-order valence-corrected chi connectivity index (χ1v) is 6.66. The van der Waals surface area contributed by atoms with Crippen molar-refractivity contribution in [1.29, 1.82) is 0 Å². The average Bonchev–Trinajstić information content (AvgIpc) is 2.37. The van der Waals surface area contributed by atoms with Crippen LogP contribution in [0.15, 0.2) is 18.2 Å². The summed E-state index contributed by atoms with van der Waals surface area (Å²) in [4.78, 5) is 23.5. The van der Waals surface area contributed by atoms with E-state index in [2.05, 4.69) is 0 Å². The maximum atomic E-state index is 11.5. The van der Waals surface area contributed by atoms with E-state index in [0.29, 0.717) is 18.0 Å². The Morgan fingerprint density at radius 2 is 2.05 bits per heavy atom. The van der Waals surface area contributed by atoms with E-state index in [-0.39, 0.29) is 18.3 Å². The molecule has 1 rings (SSSR count). The molecule has 0 unspecified atom stereocenters. The summed E-state index contributed by atoms with van der Waals surface area (Å²) in [5.74, 6) is 0.00254. The smallest absolute Gasteiger partial charge is 0.325 e. The fourth-order valence-corrected chi connectivity index (χ4v) is 1.73. The molecule has 0 amide bonds. The molecule has 0 spiro atoms. The number of hydrogen-bond acceptors (Lipinski definition) is 6. The number of nitro benzene ring substituents is 1. The van der Waals surface area contributed by atoms with Crippen LogP contribution >= 0.6 is 0 Å². The van der Waals surface area contributed by atoms with Crippen molar-refractivity contribution in [2.45, 2.75) is 26.9 Å². The number of anilines is 1. The molecule has 0 heterocycles. The second-order valence-corrected chi connectivity index (χ2v) is 4.77. The van der Waals surface area contributed by atoms with Gasteiger partial charge in [-0.1, -0.05) is 0 Å². The predicted octanol–water partition coefficient (Wildman–Crippen LogP) is 2.38. The van der Waals surface area contributed by atoms with Gasteiger partial charge < -0.3 is 14.4 Å². The fourth-order valence-electron chi connectivity index (χ4n) is 1.73. The molecule has 7 nitrogen and oxygen atoms in total. The molecule has 0 saturated carbocycles. The van der Waals surface area contributed by atoms with E-state index >= 15 is 0 Å². The molecule has 0 aliphatic heterocycles. The van der Waals surface area contributed by atoms with Crippen molar-refractivity contribution in [2.75, 3.05) is 25.1 Å². The van der Waals surface area contributed by atoms with Crippen molar-refractivity contribution in [2.24, 2.45) is 0 Å². The Hall–Kier alpha value is -2.31. The molecule has 7 heteroatoms. The fraction of sp³-hybridized carbons (Fsp3) is 0.500. The van der Waals surface area contributed by atoms with Crippen LogP contribution in [0.5, 0.6) is 5.75 Å². The number of nitro groups is 1.